The van der Waals surface area contributed by atoms with Crippen molar-refractivity contribution < 1.29 is 9.53 Å². The molecule has 0 bridgehead atoms. The van der Waals surface area contributed by atoms with Gasteiger partial charge in [0.05, 0.1) is 13.2 Å². The number of amides is 1. The van der Waals surface area contributed by atoms with E-state index < -0.39 is 0 Å². The summed E-state index contributed by atoms with van der Waals surface area (Å²) < 4.78 is 7.10. The van der Waals surface area contributed by atoms with Crippen LogP contribution < -0.4 is 5.32 Å². The molecular formula is C22H20ClN5O2. The molecule has 1 N–H and O–H groups in total. The first-order chi connectivity index (χ1) is 14.7. The Kier molecular flexibility index (Phi) is 4.98. The number of carbonyl (C=O) groups is 1. The van der Waals surface area contributed by atoms with Crippen molar-refractivity contribution in [3.63, 3.8) is 0 Å². The second-order valence-electron chi connectivity index (χ2n) is 7.18. The number of halogens is 1. The van der Waals surface area contributed by atoms with Crippen molar-refractivity contribution in [2.75, 3.05) is 31.6 Å². The molecule has 1 aromatic heterocycles. The number of nitrogens with zero attached hydrogens (tertiary/aromatic N) is 4. The predicted molar refractivity (Wildman–Crippen MR) is 114 cm³/mol. The van der Waals surface area contributed by atoms with Crippen LogP contribution in [0.25, 0.3) is 5.70 Å². The van der Waals surface area contributed by atoms with E-state index in [1.165, 1.54) is 0 Å². The first-order valence-electron chi connectivity index (χ1n) is 9.82. The molecule has 1 atom stereocenters. The van der Waals surface area contributed by atoms with Crippen LogP contribution >= 0.6 is 11.6 Å². The highest BCUT2D eigenvalue weighted by molar-refractivity contribution is 6.30. The maximum Gasteiger partial charge on any atom is 0.293 e. The van der Waals surface area contributed by atoms with Gasteiger partial charge in [-0.15, -0.1) is 5.10 Å². The topological polar surface area (TPSA) is 72.3 Å². The average Bonchev–Trinajstić information content (AvgIpc) is 3.24. The number of hydrogen-bond donors (Lipinski definition) is 1. The Morgan fingerprint density at radius 2 is 1.80 bits per heavy atom. The second-order valence-corrected chi connectivity index (χ2v) is 7.61. The lowest BCUT2D eigenvalue weighted by atomic mass is 10.0. The van der Waals surface area contributed by atoms with Crippen LogP contribution in [-0.2, 0) is 4.74 Å². The number of anilines is 1. The number of hydrogen-bond acceptors (Lipinski definition) is 5. The largest absolute Gasteiger partial charge is 0.378 e. The minimum Gasteiger partial charge on any atom is -0.378 e. The highest BCUT2D eigenvalue weighted by atomic mass is 35.5. The SMILES string of the molecule is O=C(c1nc2n(n1)[C@H](c1ccc(Cl)cc1)C=C(c1ccccc1)N2)N1CCOCC1. The summed E-state index contributed by atoms with van der Waals surface area (Å²) in [5, 5.41) is 8.57. The molecule has 0 spiro atoms. The first-order valence-corrected chi connectivity index (χ1v) is 10.2. The second kappa shape index (κ2) is 7.93. The van der Waals surface area contributed by atoms with Gasteiger partial charge in [-0.3, -0.25) is 4.79 Å². The molecule has 0 aliphatic carbocycles. The number of allylic oxidation sites excluding steroid dienone is 1. The molecule has 5 rings (SSSR count). The van der Waals surface area contributed by atoms with Gasteiger partial charge in [0.25, 0.3) is 5.91 Å². The summed E-state index contributed by atoms with van der Waals surface area (Å²) in [6.45, 7) is 2.16. The molecule has 1 fully saturated rings. The molecule has 3 heterocycles. The molecule has 2 aliphatic heterocycles. The van der Waals surface area contributed by atoms with Crippen molar-refractivity contribution in [2.45, 2.75) is 6.04 Å². The molecule has 8 heteroatoms. The lowest BCUT2D eigenvalue weighted by molar-refractivity contribution is 0.0294. The van der Waals surface area contributed by atoms with Gasteiger partial charge < -0.3 is 15.0 Å². The fraction of sp³-hybridized carbons (Fsp3) is 0.227. The minimum atomic E-state index is -0.215. The van der Waals surface area contributed by atoms with E-state index in [-0.39, 0.29) is 17.8 Å². The van der Waals surface area contributed by atoms with Crippen LogP contribution in [0.4, 0.5) is 5.95 Å². The average molecular weight is 422 g/mol. The lowest BCUT2D eigenvalue weighted by Crippen LogP contribution is -2.41. The van der Waals surface area contributed by atoms with Crippen molar-refractivity contribution in [3.8, 4) is 0 Å². The van der Waals surface area contributed by atoms with E-state index in [1.807, 2.05) is 54.6 Å². The molecule has 2 aromatic carbocycles. The standard InChI is InChI=1S/C22H20ClN5O2/c23-17-8-6-16(7-9-17)19-14-18(15-4-2-1-3-5-15)24-22-25-20(26-28(19)22)21(29)27-10-12-30-13-11-27/h1-9,14,19H,10-13H2,(H,24,25,26)/t19-/m0/s1. The van der Waals surface area contributed by atoms with Gasteiger partial charge in [0.2, 0.25) is 11.8 Å². The monoisotopic (exact) mass is 421 g/mol. The number of rotatable bonds is 3. The van der Waals surface area contributed by atoms with Gasteiger partial charge >= 0.3 is 0 Å². The maximum atomic E-state index is 12.9. The molecule has 0 saturated carbocycles. The Morgan fingerprint density at radius 1 is 1.07 bits per heavy atom. The highest BCUT2D eigenvalue weighted by Gasteiger charge is 2.29. The van der Waals surface area contributed by atoms with Gasteiger partial charge in [0, 0.05) is 23.8 Å². The lowest BCUT2D eigenvalue weighted by Gasteiger charge is -2.25. The number of benzene rings is 2. The Bertz CT molecular complexity index is 1090. The number of carbonyl (C=O) groups excluding carboxylic acids is 1. The van der Waals surface area contributed by atoms with Crippen LogP contribution in [0.2, 0.25) is 5.02 Å². The van der Waals surface area contributed by atoms with E-state index in [2.05, 4.69) is 21.5 Å². The Labute approximate surface area is 178 Å². The number of nitrogens with one attached hydrogen (secondary N) is 1. The maximum absolute atomic E-state index is 12.9. The summed E-state index contributed by atoms with van der Waals surface area (Å²) in [5.74, 6) is 0.534. The number of aromatic nitrogens is 3. The van der Waals surface area contributed by atoms with E-state index in [0.717, 1.165) is 16.8 Å². The molecular weight excluding hydrogens is 402 g/mol. The van der Waals surface area contributed by atoms with Crippen LogP contribution in [0.5, 0.6) is 0 Å². The van der Waals surface area contributed by atoms with E-state index in [9.17, 15) is 4.79 Å². The summed E-state index contributed by atoms with van der Waals surface area (Å²) >= 11 is 6.08. The van der Waals surface area contributed by atoms with Crippen molar-refractivity contribution in [1.82, 2.24) is 19.7 Å². The Hall–Kier alpha value is -3.16. The van der Waals surface area contributed by atoms with Crippen LogP contribution in [0.3, 0.4) is 0 Å². The minimum absolute atomic E-state index is 0.182. The summed E-state index contributed by atoms with van der Waals surface area (Å²) in [5.41, 5.74) is 2.96. The van der Waals surface area contributed by atoms with Gasteiger partial charge in [-0.25, -0.2) is 4.68 Å². The fourth-order valence-corrected chi connectivity index (χ4v) is 3.80. The normalized spacial score (nSPS) is 18.4. The zero-order valence-electron chi connectivity index (χ0n) is 16.2. The molecule has 7 nitrogen and oxygen atoms in total. The molecule has 3 aromatic rings. The van der Waals surface area contributed by atoms with Crippen molar-refractivity contribution in [3.05, 3.63) is 82.6 Å². The Balaban J connectivity index is 1.54. The zero-order chi connectivity index (χ0) is 20.5. The van der Waals surface area contributed by atoms with E-state index in [4.69, 9.17) is 16.3 Å². The smallest absolute Gasteiger partial charge is 0.293 e. The number of morpholine rings is 1. The van der Waals surface area contributed by atoms with Crippen LogP contribution in [0, 0.1) is 0 Å². The Morgan fingerprint density at radius 3 is 2.53 bits per heavy atom. The van der Waals surface area contributed by atoms with E-state index >= 15 is 0 Å². The van der Waals surface area contributed by atoms with Crippen molar-refractivity contribution >= 4 is 29.2 Å². The third-order valence-electron chi connectivity index (χ3n) is 5.25. The quantitative estimate of drug-likeness (QED) is 0.701. The zero-order valence-corrected chi connectivity index (χ0v) is 16.9. The van der Waals surface area contributed by atoms with Gasteiger partial charge in [-0.05, 0) is 29.3 Å². The summed E-state index contributed by atoms with van der Waals surface area (Å²) in [4.78, 5) is 19.2. The van der Waals surface area contributed by atoms with Gasteiger partial charge in [0.1, 0.15) is 6.04 Å². The molecule has 1 saturated heterocycles. The van der Waals surface area contributed by atoms with Gasteiger partial charge in [-0.1, -0.05) is 54.1 Å². The molecule has 0 radical (unpaired) electrons. The molecule has 2 aliphatic rings. The van der Waals surface area contributed by atoms with Crippen molar-refractivity contribution in [2.24, 2.45) is 0 Å². The van der Waals surface area contributed by atoms with Crippen LogP contribution in [-0.4, -0.2) is 51.9 Å². The molecule has 1 amide bonds. The third-order valence-corrected chi connectivity index (χ3v) is 5.50. The highest BCUT2D eigenvalue weighted by Crippen LogP contribution is 2.33. The number of ether oxygens (including phenoxy) is 1. The predicted octanol–water partition coefficient (Wildman–Crippen LogP) is 3.46. The van der Waals surface area contributed by atoms with Gasteiger partial charge in [0.15, 0.2) is 0 Å². The summed E-state index contributed by atoms with van der Waals surface area (Å²) in [7, 11) is 0. The van der Waals surface area contributed by atoms with Crippen molar-refractivity contribution in [1.29, 1.82) is 0 Å². The summed E-state index contributed by atoms with van der Waals surface area (Å²) in [6.07, 6.45) is 2.09. The van der Waals surface area contributed by atoms with E-state index in [1.54, 1.807) is 9.58 Å². The van der Waals surface area contributed by atoms with Gasteiger partial charge in [-0.2, -0.15) is 4.98 Å². The van der Waals surface area contributed by atoms with E-state index in [0.29, 0.717) is 37.3 Å². The molecule has 30 heavy (non-hydrogen) atoms. The summed E-state index contributed by atoms with van der Waals surface area (Å²) in [6, 6.07) is 17.4. The molecule has 0 unspecified atom stereocenters. The first kappa shape index (κ1) is 18.8. The molecule has 152 valence electrons. The number of fused-ring (bicyclic) bond motifs is 1. The third kappa shape index (κ3) is 3.58. The van der Waals surface area contributed by atoms with Crippen LogP contribution in [0.15, 0.2) is 60.7 Å². The fourth-order valence-electron chi connectivity index (χ4n) is 3.68. The van der Waals surface area contributed by atoms with Crippen LogP contribution in [0.1, 0.15) is 27.8 Å².